The van der Waals surface area contributed by atoms with Crippen LogP contribution in [0.25, 0.3) is 21.9 Å². The van der Waals surface area contributed by atoms with E-state index in [1.54, 1.807) is 6.26 Å². The zero-order valence-corrected chi connectivity index (χ0v) is 9.53. The molecule has 0 spiro atoms. The lowest BCUT2D eigenvalue weighted by molar-refractivity contribution is 0.450. The van der Waals surface area contributed by atoms with E-state index in [1.807, 2.05) is 19.1 Å². The van der Waals surface area contributed by atoms with E-state index in [1.165, 1.54) is 0 Å². The summed E-state index contributed by atoms with van der Waals surface area (Å²) in [5.41, 5.74) is 2.80. The van der Waals surface area contributed by atoms with Crippen LogP contribution in [0, 0.1) is 10.6 Å². The van der Waals surface area contributed by atoms with Gasteiger partial charge in [0.2, 0.25) is 0 Å². The normalized spacial score (nSPS) is 11.6. The van der Waals surface area contributed by atoms with Gasteiger partial charge in [0.05, 0.1) is 11.6 Å². The average molecular weight is 299 g/mol. The number of hydrogen-bond donors (Lipinski definition) is 0. The molecular weight excluding hydrogens is 293 g/mol. The van der Waals surface area contributed by atoms with Crippen molar-refractivity contribution in [1.82, 2.24) is 5.16 Å². The quantitative estimate of drug-likeness (QED) is 0.596. The molecular formula is C10H6INO2. The van der Waals surface area contributed by atoms with Crippen LogP contribution in [0.1, 0.15) is 5.56 Å². The number of halogens is 1. The predicted octanol–water partition coefficient (Wildman–Crippen LogP) is 3.49. The van der Waals surface area contributed by atoms with Crippen LogP contribution >= 0.6 is 22.6 Å². The molecule has 0 fully saturated rings. The van der Waals surface area contributed by atoms with Crippen molar-refractivity contribution in [3.63, 3.8) is 0 Å². The monoisotopic (exact) mass is 299 g/mol. The largest absolute Gasteiger partial charge is 0.463 e. The Labute approximate surface area is 93.2 Å². The van der Waals surface area contributed by atoms with Crippen molar-refractivity contribution in [1.29, 1.82) is 0 Å². The molecule has 2 aromatic heterocycles. The van der Waals surface area contributed by atoms with E-state index < -0.39 is 0 Å². The van der Waals surface area contributed by atoms with Crippen molar-refractivity contribution in [2.24, 2.45) is 0 Å². The van der Waals surface area contributed by atoms with Gasteiger partial charge in [0.25, 0.3) is 0 Å². The van der Waals surface area contributed by atoms with Crippen molar-refractivity contribution in [3.05, 3.63) is 27.7 Å². The molecule has 70 valence electrons. The van der Waals surface area contributed by atoms with Crippen LogP contribution in [0.15, 0.2) is 27.3 Å². The van der Waals surface area contributed by atoms with Gasteiger partial charge in [0.15, 0.2) is 9.28 Å². The highest BCUT2D eigenvalue weighted by Crippen LogP contribution is 2.31. The SMILES string of the molecule is Cc1cc2onc(I)c2c2occc12. The van der Waals surface area contributed by atoms with Gasteiger partial charge >= 0.3 is 0 Å². The van der Waals surface area contributed by atoms with E-state index in [2.05, 4.69) is 27.7 Å². The zero-order valence-electron chi connectivity index (χ0n) is 7.37. The summed E-state index contributed by atoms with van der Waals surface area (Å²) in [6, 6.07) is 3.95. The molecule has 3 rings (SSSR count). The molecule has 0 atom stereocenters. The molecule has 0 radical (unpaired) electrons. The first-order chi connectivity index (χ1) is 6.77. The zero-order chi connectivity index (χ0) is 9.71. The van der Waals surface area contributed by atoms with E-state index in [0.29, 0.717) is 0 Å². The molecule has 0 bridgehead atoms. The van der Waals surface area contributed by atoms with Gasteiger partial charge in [-0.1, -0.05) is 5.16 Å². The van der Waals surface area contributed by atoms with Gasteiger partial charge in [-0.2, -0.15) is 0 Å². The topological polar surface area (TPSA) is 39.2 Å². The molecule has 0 aliphatic rings. The highest BCUT2D eigenvalue weighted by Gasteiger charge is 2.13. The number of fused-ring (bicyclic) bond motifs is 3. The summed E-state index contributed by atoms with van der Waals surface area (Å²) in [4.78, 5) is 0. The van der Waals surface area contributed by atoms with Gasteiger partial charge in [0, 0.05) is 5.39 Å². The van der Waals surface area contributed by atoms with E-state index in [9.17, 15) is 0 Å². The molecule has 3 aromatic rings. The number of nitrogens with zero attached hydrogens (tertiary/aromatic N) is 1. The summed E-state index contributed by atoms with van der Waals surface area (Å²) in [6.45, 7) is 2.03. The van der Waals surface area contributed by atoms with Crippen molar-refractivity contribution in [3.8, 4) is 0 Å². The molecule has 1 aromatic carbocycles. The summed E-state index contributed by atoms with van der Waals surface area (Å²) >= 11 is 2.15. The Morgan fingerprint density at radius 2 is 2.29 bits per heavy atom. The van der Waals surface area contributed by atoms with E-state index in [-0.39, 0.29) is 0 Å². The maximum atomic E-state index is 5.45. The van der Waals surface area contributed by atoms with Gasteiger partial charge in [-0.05, 0) is 47.2 Å². The maximum Gasteiger partial charge on any atom is 0.172 e. The van der Waals surface area contributed by atoms with Crippen LogP contribution in [-0.2, 0) is 0 Å². The van der Waals surface area contributed by atoms with Gasteiger partial charge in [-0.3, -0.25) is 0 Å². The second-order valence-electron chi connectivity index (χ2n) is 3.20. The summed E-state index contributed by atoms with van der Waals surface area (Å²) in [5.74, 6) is 0. The van der Waals surface area contributed by atoms with E-state index >= 15 is 0 Å². The summed E-state index contributed by atoms with van der Waals surface area (Å²) < 4.78 is 11.5. The number of aryl methyl sites for hydroxylation is 1. The predicted molar refractivity (Wildman–Crippen MR) is 61.2 cm³/mol. The number of hydrogen-bond acceptors (Lipinski definition) is 3. The lowest BCUT2D eigenvalue weighted by Gasteiger charge is -1.94. The van der Waals surface area contributed by atoms with Crippen molar-refractivity contribution < 1.29 is 8.94 Å². The molecule has 0 amide bonds. The molecule has 3 nitrogen and oxygen atoms in total. The fourth-order valence-corrected chi connectivity index (χ4v) is 2.28. The summed E-state index contributed by atoms with van der Waals surface area (Å²) in [5, 5.41) is 6.01. The minimum Gasteiger partial charge on any atom is -0.463 e. The number of furan rings is 1. The van der Waals surface area contributed by atoms with Crippen LogP contribution in [0.2, 0.25) is 0 Å². The minimum atomic E-state index is 0.786. The second kappa shape index (κ2) is 2.73. The first kappa shape index (κ1) is 8.28. The van der Waals surface area contributed by atoms with Crippen molar-refractivity contribution >= 4 is 44.5 Å². The molecule has 0 N–H and O–H groups in total. The van der Waals surface area contributed by atoms with Crippen LogP contribution < -0.4 is 0 Å². The first-order valence-corrected chi connectivity index (χ1v) is 5.27. The van der Waals surface area contributed by atoms with Gasteiger partial charge < -0.3 is 8.94 Å². The molecule has 0 aliphatic carbocycles. The Morgan fingerprint density at radius 1 is 1.43 bits per heavy atom. The Kier molecular flexibility index (Phi) is 1.61. The Hall–Kier alpha value is -1.04. The van der Waals surface area contributed by atoms with Gasteiger partial charge in [-0.15, -0.1) is 0 Å². The minimum absolute atomic E-state index is 0.786. The number of rotatable bonds is 0. The summed E-state index contributed by atoms with van der Waals surface area (Å²) in [6.07, 6.45) is 1.69. The number of aromatic nitrogens is 1. The molecule has 14 heavy (non-hydrogen) atoms. The maximum absolute atomic E-state index is 5.45. The van der Waals surface area contributed by atoms with Crippen LogP contribution in [0.5, 0.6) is 0 Å². The van der Waals surface area contributed by atoms with Crippen LogP contribution in [0.3, 0.4) is 0 Å². The fourth-order valence-electron chi connectivity index (χ4n) is 1.67. The Bertz CT molecular complexity index is 623. The molecule has 2 heterocycles. The number of benzene rings is 1. The Morgan fingerprint density at radius 3 is 3.14 bits per heavy atom. The molecule has 0 saturated heterocycles. The highest BCUT2D eigenvalue weighted by molar-refractivity contribution is 14.1. The molecule has 0 aliphatic heterocycles. The lowest BCUT2D eigenvalue weighted by atomic mass is 10.1. The Balaban J connectivity index is 2.69. The third-order valence-electron chi connectivity index (χ3n) is 2.34. The molecule has 0 saturated carbocycles. The average Bonchev–Trinajstić information content (AvgIpc) is 2.72. The fraction of sp³-hybridized carbons (Fsp3) is 0.100. The third-order valence-corrected chi connectivity index (χ3v) is 3.08. The smallest absolute Gasteiger partial charge is 0.172 e. The second-order valence-corrected chi connectivity index (χ2v) is 4.23. The van der Waals surface area contributed by atoms with Gasteiger partial charge in [-0.25, -0.2) is 0 Å². The lowest BCUT2D eigenvalue weighted by Crippen LogP contribution is -1.76. The van der Waals surface area contributed by atoms with E-state index in [4.69, 9.17) is 8.94 Å². The molecule has 4 heteroatoms. The van der Waals surface area contributed by atoms with Crippen LogP contribution in [-0.4, -0.2) is 5.16 Å². The standard InChI is InChI=1S/C10H6INO2/c1-5-4-7-8(10(11)12-14-7)9-6(5)2-3-13-9/h2-4H,1H3. The van der Waals surface area contributed by atoms with Crippen molar-refractivity contribution in [2.75, 3.05) is 0 Å². The van der Waals surface area contributed by atoms with Crippen molar-refractivity contribution in [2.45, 2.75) is 6.92 Å². The van der Waals surface area contributed by atoms with Crippen LogP contribution in [0.4, 0.5) is 0 Å². The van der Waals surface area contributed by atoms with E-state index in [0.717, 1.165) is 31.2 Å². The summed E-state index contributed by atoms with van der Waals surface area (Å²) in [7, 11) is 0. The van der Waals surface area contributed by atoms with Gasteiger partial charge in [0.1, 0.15) is 5.58 Å². The first-order valence-electron chi connectivity index (χ1n) is 4.19. The molecule has 0 unspecified atom stereocenters. The third kappa shape index (κ3) is 0.943. The highest BCUT2D eigenvalue weighted by atomic mass is 127.